The van der Waals surface area contributed by atoms with Gasteiger partial charge in [-0.15, -0.1) is 0 Å². The Hall–Kier alpha value is -0.720. The van der Waals surface area contributed by atoms with Crippen LogP contribution in [0.3, 0.4) is 0 Å². The summed E-state index contributed by atoms with van der Waals surface area (Å²) in [5.41, 5.74) is 0. The van der Waals surface area contributed by atoms with Gasteiger partial charge < -0.3 is 4.42 Å². The van der Waals surface area contributed by atoms with Crippen LogP contribution in [0.15, 0.2) is 22.8 Å². The molecule has 1 nitrogen and oxygen atoms in total. The number of hydrogen-bond donors (Lipinski definition) is 0. The van der Waals surface area contributed by atoms with Crippen LogP contribution in [0.1, 0.15) is 46.3 Å². The van der Waals surface area contributed by atoms with Crippen LogP contribution in [0.25, 0.3) is 0 Å². The number of rotatable bonds is 0. The van der Waals surface area contributed by atoms with Gasteiger partial charge >= 0.3 is 0 Å². The lowest BCUT2D eigenvalue weighted by Gasteiger charge is -1.69. The summed E-state index contributed by atoms with van der Waals surface area (Å²) in [6, 6.07) is 3.79. The lowest BCUT2D eigenvalue weighted by Crippen LogP contribution is -1.48. The first kappa shape index (κ1) is 13.8. The molecule has 0 radical (unpaired) electrons. The number of hydrogen-bond acceptors (Lipinski definition) is 1. The van der Waals surface area contributed by atoms with Crippen LogP contribution in [0, 0.1) is 6.92 Å². The highest BCUT2D eigenvalue weighted by Crippen LogP contribution is 1.93. The summed E-state index contributed by atoms with van der Waals surface area (Å²) in [6.07, 6.45) is 4.16. The summed E-state index contributed by atoms with van der Waals surface area (Å²) in [7, 11) is 0. The molecule has 0 fully saturated rings. The Kier molecular flexibility index (Phi) is 14.9. The Morgan fingerprint density at radius 3 is 1.58 bits per heavy atom. The molecule has 0 aliphatic heterocycles. The predicted molar refractivity (Wildman–Crippen MR) is 55.4 cm³/mol. The molecular weight excluding hydrogens is 148 g/mol. The fourth-order valence-corrected chi connectivity index (χ4v) is 0.361. The summed E-state index contributed by atoms with van der Waals surface area (Å²) >= 11 is 0. The molecular formula is C11H22O. The lowest BCUT2D eigenvalue weighted by atomic mass is 10.5. The fourth-order valence-electron chi connectivity index (χ4n) is 0.361. The van der Waals surface area contributed by atoms with Crippen molar-refractivity contribution in [3.63, 3.8) is 0 Å². The van der Waals surface area contributed by atoms with E-state index in [1.54, 1.807) is 6.26 Å². The zero-order valence-corrected chi connectivity index (χ0v) is 9.05. The fraction of sp³-hybridized carbons (Fsp3) is 0.636. The normalized spacial score (nSPS) is 7.42. The van der Waals surface area contributed by atoms with Gasteiger partial charge in [0.05, 0.1) is 6.26 Å². The maximum Gasteiger partial charge on any atom is 0.100 e. The van der Waals surface area contributed by atoms with Crippen LogP contribution in [-0.4, -0.2) is 0 Å². The first-order valence-corrected chi connectivity index (χ1v) is 4.72. The van der Waals surface area contributed by atoms with E-state index in [0.717, 1.165) is 5.76 Å². The van der Waals surface area contributed by atoms with Crippen LogP contribution in [0.4, 0.5) is 0 Å². The molecule has 0 unspecified atom stereocenters. The van der Waals surface area contributed by atoms with Crippen molar-refractivity contribution < 1.29 is 4.42 Å². The highest BCUT2D eigenvalue weighted by molar-refractivity contribution is 4.93. The van der Waals surface area contributed by atoms with Crippen molar-refractivity contribution in [2.45, 2.75) is 47.5 Å². The zero-order chi connectivity index (χ0) is 9.82. The van der Waals surface area contributed by atoms with E-state index in [0.29, 0.717) is 0 Å². The van der Waals surface area contributed by atoms with Gasteiger partial charge in [-0.25, -0.2) is 0 Å². The second-order valence-electron chi connectivity index (χ2n) is 2.64. The van der Waals surface area contributed by atoms with Gasteiger partial charge in [-0.1, -0.05) is 40.5 Å². The van der Waals surface area contributed by atoms with E-state index < -0.39 is 0 Å². The molecule has 0 bridgehead atoms. The van der Waals surface area contributed by atoms with Gasteiger partial charge in [0.15, 0.2) is 0 Å². The molecule has 1 rings (SSSR count). The Morgan fingerprint density at radius 2 is 1.50 bits per heavy atom. The second kappa shape index (κ2) is 12.9. The monoisotopic (exact) mass is 170 g/mol. The molecule has 1 aromatic rings. The largest absolute Gasteiger partial charge is 0.470 e. The van der Waals surface area contributed by atoms with Crippen molar-refractivity contribution in [1.29, 1.82) is 0 Å². The van der Waals surface area contributed by atoms with Gasteiger partial charge in [0, 0.05) is 0 Å². The van der Waals surface area contributed by atoms with E-state index in [1.165, 1.54) is 12.8 Å². The van der Waals surface area contributed by atoms with Gasteiger partial charge in [0.1, 0.15) is 5.76 Å². The minimum Gasteiger partial charge on any atom is -0.470 e. The maximum atomic E-state index is 4.83. The molecule has 72 valence electrons. The molecule has 0 aliphatic rings. The summed E-state index contributed by atoms with van der Waals surface area (Å²) in [5.74, 6) is 0.968. The molecule has 1 heteroatoms. The Morgan fingerprint density at radius 1 is 1.08 bits per heavy atom. The number of furan rings is 1. The molecule has 12 heavy (non-hydrogen) atoms. The molecule has 1 heterocycles. The van der Waals surface area contributed by atoms with E-state index in [2.05, 4.69) is 27.7 Å². The molecule has 0 atom stereocenters. The molecule has 0 aromatic carbocycles. The highest BCUT2D eigenvalue weighted by Gasteiger charge is 1.75. The van der Waals surface area contributed by atoms with Gasteiger partial charge in [-0.3, -0.25) is 0 Å². The van der Waals surface area contributed by atoms with Crippen LogP contribution in [0.2, 0.25) is 0 Å². The third-order valence-corrected chi connectivity index (χ3v) is 0.663. The molecule has 0 saturated heterocycles. The number of aryl methyl sites for hydroxylation is 1. The minimum absolute atomic E-state index is 0.968. The van der Waals surface area contributed by atoms with Crippen LogP contribution >= 0.6 is 0 Å². The third kappa shape index (κ3) is 16.1. The topological polar surface area (TPSA) is 13.1 Å². The third-order valence-electron chi connectivity index (χ3n) is 0.663. The summed E-state index contributed by atoms with van der Waals surface area (Å²) in [5, 5.41) is 0. The van der Waals surface area contributed by atoms with Crippen LogP contribution < -0.4 is 0 Å². The Bertz CT molecular complexity index is 129. The van der Waals surface area contributed by atoms with Crippen molar-refractivity contribution in [3.8, 4) is 0 Å². The molecule has 1 aromatic heterocycles. The molecule has 0 spiro atoms. The SMILES string of the molecule is CCC.CCC.Cc1ccco1. The standard InChI is InChI=1S/C5H6O.2C3H8/c1-5-3-2-4-6-5;2*1-3-2/h2-4H,1H3;2*3H2,1-2H3. The van der Waals surface area contributed by atoms with Crippen molar-refractivity contribution in [2.75, 3.05) is 0 Å². The van der Waals surface area contributed by atoms with E-state index in [1.807, 2.05) is 19.1 Å². The Labute approximate surface area is 76.8 Å². The van der Waals surface area contributed by atoms with Gasteiger partial charge in [0.25, 0.3) is 0 Å². The highest BCUT2D eigenvalue weighted by atomic mass is 16.3. The summed E-state index contributed by atoms with van der Waals surface area (Å²) in [6.45, 7) is 10.4. The van der Waals surface area contributed by atoms with Crippen molar-refractivity contribution >= 4 is 0 Å². The summed E-state index contributed by atoms with van der Waals surface area (Å²) < 4.78 is 4.83. The van der Waals surface area contributed by atoms with Crippen molar-refractivity contribution in [1.82, 2.24) is 0 Å². The second-order valence-corrected chi connectivity index (χ2v) is 2.64. The van der Waals surface area contributed by atoms with E-state index in [4.69, 9.17) is 4.42 Å². The van der Waals surface area contributed by atoms with Gasteiger partial charge in [-0.2, -0.15) is 0 Å². The van der Waals surface area contributed by atoms with Crippen molar-refractivity contribution in [2.24, 2.45) is 0 Å². The Balaban J connectivity index is 0. The zero-order valence-electron chi connectivity index (χ0n) is 9.05. The van der Waals surface area contributed by atoms with Gasteiger partial charge in [0.2, 0.25) is 0 Å². The first-order chi connectivity index (χ1) is 5.72. The molecule has 0 saturated carbocycles. The average molecular weight is 170 g/mol. The average Bonchev–Trinajstić information content (AvgIpc) is 2.43. The molecule has 0 amide bonds. The smallest absolute Gasteiger partial charge is 0.100 e. The quantitative estimate of drug-likeness (QED) is 0.561. The summed E-state index contributed by atoms with van der Waals surface area (Å²) in [4.78, 5) is 0. The predicted octanol–water partition coefficient (Wildman–Crippen LogP) is 4.42. The van der Waals surface area contributed by atoms with Crippen LogP contribution in [0.5, 0.6) is 0 Å². The molecule has 0 N–H and O–H groups in total. The lowest BCUT2D eigenvalue weighted by molar-refractivity contribution is 0.534. The molecule has 0 aliphatic carbocycles. The van der Waals surface area contributed by atoms with E-state index in [9.17, 15) is 0 Å². The van der Waals surface area contributed by atoms with Gasteiger partial charge in [-0.05, 0) is 19.1 Å². The van der Waals surface area contributed by atoms with Crippen LogP contribution in [-0.2, 0) is 0 Å². The minimum atomic E-state index is 0.968. The first-order valence-electron chi connectivity index (χ1n) is 4.72. The van der Waals surface area contributed by atoms with Crippen molar-refractivity contribution in [3.05, 3.63) is 24.2 Å². The maximum absolute atomic E-state index is 4.83. The van der Waals surface area contributed by atoms with E-state index >= 15 is 0 Å². The van der Waals surface area contributed by atoms with E-state index in [-0.39, 0.29) is 0 Å².